The molecule has 0 amide bonds. The Balaban J connectivity index is 1.89. The van der Waals surface area contributed by atoms with Crippen LogP contribution in [0, 0.1) is 5.92 Å². The molecule has 1 aliphatic rings. The Morgan fingerprint density at radius 1 is 1.31 bits per heavy atom. The first-order valence-corrected chi connectivity index (χ1v) is 8.64. The van der Waals surface area contributed by atoms with Crippen LogP contribution >= 0.6 is 0 Å². The molecular formula is C19H23N3O4. The van der Waals surface area contributed by atoms with Crippen molar-refractivity contribution in [3.05, 3.63) is 34.1 Å². The quantitative estimate of drug-likeness (QED) is 0.849. The van der Waals surface area contributed by atoms with Crippen molar-refractivity contribution in [3.8, 4) is 5.75 Å². The van der Waals surface area contributed by atoms with E-state index in [1.165, 1.54) is 0 Å². The molecule has 1 N–H and O–H groups in total. The minimum atomic E-state index is -0.481. The second kappa shape index (κ2) is 6.90. The summed E-state index contributed by atoms with van der Waals surface area (Å²) in [7, 11) is 1.58. The average molecular weight is 357 g/mol. The molecule has 138 valence electrons. The summed E-state index contributed by atoms with van der Waals surface area (Å²) in [6.45, 7) is 5.61. The Hall–Kier alpha value is -2.70. The van der Waals surface area contributed by atoms with Crippen LogP contribution in [0.4, 0.5) is 0 Å². The summed E-state index contributed by atoms with van der Waals surface area (Å²) in [6, 6.07) is 3.50. The van der Waals surface area contributed by atoms with Gasteiger partial charge < -0.3 is 9.47 Å². The van der Waals surface area contributed by atoms with Gasteiger partial charge in [-0.05, 0) is 51.7 Å². The lowest BCUT2D eigenvalue weighted by atomic mass is 9.86. The molecule has 1 heterocycles. The number of aromatic nitrogens is 3. The van der Waals surface area contributed by atoms with Crippen molar-refractivity contribution >= 4 is 22.4 Å². The number of carbonyl (C=O) groups is 1. The van der Waals surface area contributed by atoms with Gasteiger partial charge in [-0.1, -0.05) is 11.3 Å². The van der Waals surface area contributed by atoms with Crippen LogP contribution in [0.15, 0.2) is 23.0 Å². The van der Waals surface area contributed by atoms with Crippen LogP contribution in [0.5, 0.6) is 5.75 Å². The predicted molar refractivity (Wildman–Crippen MR) is 97.9 cm³/mol. The molecule has 1 aromatic heterocycles. The molecule has 1 atom stereocenters. The van der Waals surface area contributed by atoms with E-state index in [0.29, 0.717) is 35.9 Å². The number of hydrogen-bond acceptors (Lipinski definition) is 6. The number of H-pyrrole nitrogens is 1. The highest BCUT2D eigenvalue weighted by Crippen LogP contribution is 2.37. The van der Waals surface area contributed by atoms with Crippen molar-refractivity contribution in [1.82, 2.24) is 15.4 Å². The van der Waals surface area contributed by atoms with Crippen molar-refractivity contribution < 1.29 is 14.3 Å². The van der Waals surface area contributed by atoms with Gasteiger partial charge in [-0.2, -0.15) is 0 Å². The molecule has 1 unspecified atom stereocenters. The van der Waals surface area contributed by atoms with Crippen LogP contribution < -0.4 is 10.3 Å². The van der Waals surface area contributed by atoms with Crippen LogP contribution in [0.3, 0.4) is 0 Å². The molecule has 0 saturated heterocycles. The zero-order chi connectivity index (χ0) is 18.9. The maximum absolute atomic E-state index is 12.3. The highest BCUT2D eigenvalue weighted by molar-refractivity contribution is 5.86. The number of ether oxygens (including phenoxy) is 2. The van der Waals surface area contributed by atoms with Crippen LogP contribution in [0.2, 0.25) is 0 Å². The van der Waals surface area contributed by atoms with Crippen LogP contribution in [-0.2, 0) is 9.53 Å². The number of nitrogens with zero attached hydrogens (tertiary/aromatic N) is 2. The number of methoxy groups -OCH3 is 1. The summed E-state index contributed by atoms with van der Waals surface area (Å²) in [6.07, 6.45) is 4.05. The Morgan fingerprint density at radius 3 is 2.69 bits per heavy atom. The van der Waals surface area contributed by atoms with Gasteiger partial charge in [0.05, 0.1) is 18.4 Å². The van der Waals surface area contributed by atoms with Gasteiger partial charge in [-0.3, -0.25) is 9.59 Å². The first kappa shape index (κ1) is 18.1. The monoisotopic (exact) mass is 357 g/mol. The second-order valence-electron chi connectivity index (χ2n) is 7.44. The largest absolute Gasteiger partial charge is 0.496 e. The molecule has 7 nitrogen and oxygen atoms in total. The molecule has 3 rings (SSSR count). The van der Waals surface area contributed by atoms with Gasteiger partial charge in [0.15, 0.2) is 0 Å². The number of fused-ring (bicyclic) bond motifs is 1. The fourth-order valence-corrected chi connectivity index (χ4v) is 3.12. The average Bonchev–Trinajstić information content (AvgIpc) is 2.60. The van der Waals surface area contributed by atoms with Gasteiger partial charge in [0, 0.05) is 11.6 Å². The van der Waals surface area contributed by atoms with E-state index in [-0.39, 0.29) is 17.4 Å². The summed E-state index contributed by atoms with van der Waals surface area (Å²) in [5.74, 6) is 0.336. The van der Waals surface area contributed by atoms with E-state index in [9.17, 15) is 9.59 Å². The Kier molecular flexibility index (Phi) is 4.80. The Morgan fingerprint density at radius 2 is 2.08 bits per heavy atom. The molecule has 0 bridgehead atoms. The minimum absolute atomic E-state index is 0.140. The number of esters is 1. The van der Waals surface area contributed by atoms with Crippen LogP contribution in [-0.4, -0.2) is 34.1 Å². The number of aromatic amines is 1. The van der Waals surface area contributed by atoms with Crippen LogP contribution in [0.1, 0.15) is 45.6 Å². The molecule has 0 spiro atoms. The molecule has 0 fully saturated rings. The predicted octanol–water partition coefficient (Wildman–Crippen LogP) is 2.85. The van der Waals surface area contributed by atoms with E-state index in [2.05, 4.69) is 15.4 Å². The first-order chi connectivity index (χ1) is 12.3. The fourth-order valence-electron chi connectivity index (χ4n) is 3.12. The highest BCUT2D eigenvalue weighted by Gasteiger charge is 2.27. The number of rotatable bonds is 3. The van der Waals surface area contributed by atoms with Crippen molar-refractivity contribution in [1.29, 1.82) is 0 Å². The van der Waals surface area contributed by atoms with Crippen molar-refractivity contribution in [2.45, 2.75) is 45.6 Å². The normalized spacial score (nSPS) is 17.7. The third-order valence-electron chi connectivity index (χ3n) is 4.37. The molecule has 2 aromatic rings. The van der Waals surface area contributed by atoms with Crippen molar-refractivity contribution in [2.75, 3.05) is 7.11 Å². The van der Waals surface area contributed by atoms with Gasteiger partial charge in [-0.25, -0.2) is 5.10 Å². The molecule has 1 aliphatic carbocycles. The van der Waals surface area contributed by atoms with Gasteiger partial charge in [0.25, 0.3) is 5.56 Å². The molecule has 26 heavy (non-hydrogen) atoms. The molecule has 7 heteroatoms. The lowest BCUT2D eigenvalue weighted by Gasteiger charge is -2.26. The highest BCUT2D eigenvalue weighted by atomic mass is 16.6. The number of benzene rings is 1. The van der Waals surface area contributed by atoms with E-state index >= 15 is 0 Å². The second-order valence-corrected chi connectivity index (χ2v) is 7.44. The lowest BCUT2D eigenvalue weighted by Crippen LogP contribution is -2.29. The number of allylic oxidation sites excluding steroid dienone is 2. The van der Waals surface area contributed by atoms with E-state index in [1.807, 2.05) is 26.8 Å². The van der Waals surface area contributed by atoms with Crippen molar-refractivity contribution in [2.24, 2.45) is 5.92 Å². The topological polar surface area (TPSA) is 94.2 Å². The minimum Gasteiger partial charge on any atom is -0.496 e. The SMILES string of the molecule is COc1cc2nn[nH]c(=O)c2cc1C1=CCC(C(=O)OC(C)(C)C)CC1. The Bertz CT molecular complexity index is 925. The van der Waals surface area contributed by atoms with Crippen molar-refractivity contribution in [3.63, 3.8) is 0 Å². The maximum atomic E-state index is 12.3. The van der Waals surface area contributed by atoms with E-state index in [0.717, 1.165) is 11.1 Å². The van der Waals surface area contributed by atoms with E-state index in [1.54, 1.807) is 19.2 Å². The molecule has 1 aromatic carbocycles. The number of carbonyl (C=O) groups excluding carboxylic acids is 1. The molecule has 0 saturated carbocycles. The Labute approximate surface area is 151 Å². The van der Waals surface area contributed by atoms with Crippen LogP contribution in [0.25, 0.3) is 16.5 Å². The molecule has 0 aliphatic heterocycles. The van der Waals surface area contributed by atoms with E-state index < -0.39 is 5.60 Å². The zero-order valence-corrected chi connectivity index (χ0v) is 15.5. The van der Waals surface area contributed by atoms with Gasteiger partial charge in [0.1, 0.15) is 16.9 Å². The summed E-state index contributed by atoms with van der Waals surface area (Å²) in [5, 5.41) is 10.3. The smallest absolute Gasteiger partial charge is 0.309 e. The third-order valence-corrected chi connectivity index (χ3v) is 4.37. The molecule has 0 radical (unpaired) electrons. The summed E-state index contributed by atoms with van der Waals surface area (Å²) in [5.41, 5.74) is 1.62. The fraction of sp³-hybridized carbons (Fsp3) is 0.474. The maximum Gasteiger partial charge on any atom is 0.309 e. The summed E-state index contributed by atoms with van der Waals surface area (Å²) in [4.78, 5) is 24.3. The lowest BCUT2D eigenvalue weighted by molar-refractivity contribution is -0.160. The van der Waals surface area contributed by atoms with Gasteiger partial charge >= 0.3 is 5.97 Å². The summed E-state index contributed by atoms with van der Waals surface area (Å²) >= 11 is 0. The van der Waals surface area contributed by atoms with Gasteiger partial charge in [-0.15, -0.1) is 5.10 Å². The van der Waals surface area contributed by atoms with E-state index in [4.69, 9.17) is 9.47 Å². The van der Waals surface area contributed by atoms with Gasteiger partial charge in [0.2, 0.25) is 0 Å². The first-order valence-electron chi connectivity index (χ1n) is 8.64. The number of nitrogens with one attached hydrogen (secondary N) is 1. The zero-order valence-electron chi connectivity index (χ0n) is 15.5. The third kappa shape index (κ3) is 3.76. The summed E-state index contributed by atoms with van der Waals surface area (Å²) < 4.78 is 11.0. The standard InChI is InChI=1S/C19H23N3O4/c1-19(2,3)26-18(24)12-7-5-11(6-8-12)13-9-14-15(10-16(13)25-4)20-22-21-17(14)23/h5,9-10,12H,6-8H2,1-4H3,(H,20,21,23). The number of hydrogen-bond donors (Lipinski definition) is 1. The molecular weight excluding hydrogens is 334 g/mol.